The maximum atomic E-state index is 14.0. The zero-order valence-corrected chi connectivity index (χ0v) is 19.5. The van der Waals surface area contributed by atoms with Crippen LogP contribution in [0, 0.1) is 11.6 Å². The lowest BCUT2D eigenvalue weighted by Gasteiger charge is -2.29. The third-order valence-electron chi connectivity index (χ3n) is 4.53. The molecule has 12 heteroatoms. The molecule has 1 aromatic carbocycles. The van der Waals surface area contributed by atoms with Crippen molar-refractivity contribution in [1.82, 2.24) is 20.2 Å². The summed E-state index contributed by atoms with van der Waals surface area (Å²) < 4.78 is 68.9. The molecular formula is C19H25F5IN5O. The van der Waals surface area contributed by atoms with E-state index in [-0.39, 0.29) is 35.5 Å². The summed E-state index contributed by atoms with van der Waals surface area (Å²) in [6.07, 6.45) is -3.26. The molecule has 2 aromatic rings. The van der Waals surface area contributed by atoms with Crippen LogP contribution in [0.3, 0.4) is 0 Å². The number of benzene rings is 1. The molecule has 0 aliphatic heterocycles. The van der Waals surface area contributed by atoms with Crippen molar-refractivity contribution in [3.63, 3.8) is 0 Å². The largest absolute Gasteiger partial charge is 0.424 e. The van der Waals surface area contributed by atoms with Crippen LogP contribution >= 0.6 is 24.0 Å². The third-order valence-corrected chi connectivity index (χ3v) is 4.53. The van der Waals surface area contributed by atoms with Gasteiger partial charge in [0, 0.05) is 50.6 Å². The lowest BCUT2D eigenvalue weighted by Crippen LogP contribution is -2.45. The number of nitrogens with one attached hydrogen (secondary N) is 2. The highest BCUT2D eigenvalue weighted by atomic mass is 127. The molecule has 0 amide bonds. The second-order valence-electron chi connectivity index (χ2n) is 6.76. The Morgan fingerprint density at radius 1 is 1.29 bits per heavy atom. The number of imidazole rings is 1. The van der Waals surface area contributed by atoms with Crippen LogP contribution in [-0.4, -0.2) is 39.9 Å². The molecule has 0 saturated heterocycles. The number of alkyl halides is 3. The number of aliphatic hydroxyl groups is 1. The molecule has 2 rings (SSSR count). The predicted octanol–water partition coefficient (Wildman–Crippen LogP) is 3.77. The first kappa shape index (κ1) is 27.1. The van der Waals surface area contributed by atoms with E-state index in [2.05, 4.69) is 20.6 Å². The number of rotatable bonds is 7. The highest BCUT2D eigenvalue weighted by Gasteiger charge is 2.57. The van der Waals surface area contributed by atoms with Crippen LogP contribution in [-0.2, 0) is 12.6 Å². The second kappa shape index (κ2) is 11.1. The van der Waals surface area contributed by atoms with Crippen molar-refractivity contribution in [2.75, 3.05) is 13.1 Å². The zero-order chi connectivity index (χ0) is 22.5. The normalized spacial score (nSPS) is 15.1. The van der Waals surface area contributed by atoms with Crippen molar-refractivity contribution in [3.8, 4) is 0 Å². The maximum absolute atomic E-state index is 14.0. The molecule has 0 bridgehead atoms. The molecule has 2 unspecified atom stereocenters. The first-order valence-electron chi connectivity index (χ1n) is 9.26. The monoisotopic (exact) mass is 561 g/mol. The third kappa shape index (κ3) is 6.51. The van der Waals surface area contributed by atoms with Gasteiger partial charge in [0.25, 0.3) is 0 Å². The summed E-state index contributed by atoms with van der Waals surface area (Å²) in [4.78, 5) is 7.70. The Hall–Kier alpha value is -1.96. The van der Waals surface area contributed by atoms with Gasteiger partial charge >= 0.3 is 6.18 Å². The predicted molar refractivity (Wildman–Crippen MR) is 117 cm³/mol. The summed E-state index contributed by atoms with van der Waals surface area (Å²) in [6.45, 7) is 3.35. The van der Waals surface area contributed by atoms with Gasteiger partial charge in [-0.3, -0.25) is 4.99 Å². The van der Waals surface area contributed by atoms with Gasteiger partial charge in [-0.1, -0.05) is 6.07 Å². The van der Waals surface area contributed by atoms with Crippen molar-refractivity contribution in [2.45, 2.75) is 38.1 Å². The highest BCUT2D eigenvalue weighted by molar-refractivity contribution is 14.0. The standard InChI is InChI=1S/C19H24F5N5O.HI/c1-4-25-17(28-12(2)14-6-5-13(20)11-15(14)21)27-8-7-18(30,19(22,23)24)16-26-9-10-29(16)3;/h5-6,9-12,30H,4,7-8H2,1-3H3,(H2,25,27,28);1H. The van der Waals surface area contributed by atoms with Crippen LogP contribution in [0.4, 0.5) is 22.0 Å². The number of halogens is 6. The van der Waals surface area contributed by atoms with E-state index < -0.39 is 48.2 Å². The highest BCUT2D eigenvalue weighted by Crippen LogP contribution is 2.40. The fourth-order valence-corrected chi connectivity index (χ4v) is 2.93. The fourth-order valence-electron chi connectivity index (χ4n) is 2.93. The van der Waals surface area contributed by atoms with Gasteiger partial charge in [0.2, 0.25) is 5.60 Å². The summed E-state index contributed by atoms with van der Waals surface area (Å²) >= 11 is 0. The molecule has 1 heterocycles. The number of hydrogen-bond donors (Lipinski definition) is 3. The number of hydrogen-bond acceptors (Lipinski definition) is 3. The van der Waals surface area contributed by atoms with Gasteiger partial charge in [-0.15, -0.1) is 24.0 Å². The van der Waals surface area contributed by atoms with Crippen LogP contribution in [0.15, 0.2) is 35.6 Å². The Morgan fingerprint density at radius 3 is 2.48 bits per heavy atom. The van der Waals surface area contributed by atoms with Gasteiger partial charge in [0.1, 0.15) is 17.5 Å². The summed E-state index contributed by atoms with van der Waals surface area (Å²) in [7, 11) is 1.35. The molecule has 6 nitrogen and oxygen atoms in total. The van der Waals surface area contributed by atoms with Crippen LogP contribution in [0.5, 0.6) is 0 Å². The minimum atomic E-state index is -4.96. The summed E-state index contributed by atoms with van der Waals surface area (Å²) in [5.41, 5.74) is -3.01. The minimum absolute atomic E-state index is 0. The van der Waals surface area contributed by atoms with E-state index in [9.17, 15) is 27.1 Å². The molecule has 0 radical (unpaired) electrons. The molecule has 0 aliphatic rings. The van der Waals surface area contributed by atoms with E-state index >= 15 is 0 Å². The molecule has 31 heavy (non-hydrogen) atoms. The van der Waals surface area contributed by atoms with Gasteiger partial charge in [0.05, 0.1) is 6.04 Å². The van der Waals surface area contributed by atoms with Gasteiger partial charge in [0.15, 0.2) is 5.96 Å². The second-order valence-corrected chi connectivity index (χ2v) is 6.76. The molecule has 0 spiro atoms. The van der Waals surface area contributed by atoms with Crippen LogP contribution in [0.2, 0.25) is 0 Å². The van der Waals surface area contributed by atoms with E-state index in [1.54, 1.807) is 13.8 Å². The van der Waals surface area contributed by atoms with E-state index in [0.717, 1.165) is 16.7 Å². The van der Waals surface area contributed by atoms with E-state index in [1.165, 1.54) is 25.5 Å². The number of aromatic nitrogens is 2. The van der Waals surface area contributed by atoms with E-state index in [1.807, 2.05) is 0 Å². The van der Waals surface area contributed by atoms with Crippen molar-refractivity contribution in [3.05, 3.63) is 53.6 Å². The Morgan fingerprint density at radius 2 is 1.97 bits per heavy atom. The first-order valence-corrected chi connectivity index (χ1v) is 9.26. The fraction of sp³-hybridized carbons (Fsp3) is 0.474. The van der Waals surface area contributed by atoms with Gasteiger partial charge in [-0.2, -0.15) is 13.2 Å². The zero-order valence-electron chi connectivity index (χ0n) is 17.2. The van der Waals surface area contributed by atoms with Crippen LogP contribution in [0.1, 0.15) is 37.7 Å². The smallest absolute Gasteiger partial charge is 0.374 e. The van der Waals surface area contributed by atoms with Crippen molar-refractivity contribution < 1.29 is 27.1 Å². The summed E-state index contributed by atoms with van der Waals surface area (Å²) in [5, 5.41) is 16.1. The first-order chi connectivity index (χ1) is 14.0. The molecule has 0 fully saturated rings. The number of aliphatic imine (C=N–C) groups is 1. The molecule has 0 saturated carbocycles. The minimum Gasteiger partial charge on any atom is -0.374 e. The number of nitrogens with zero attached hydrogens (tertiary/aromatic N) is 3. The average Bonchev–Trinajstić information content (AvgIpc) is 3.07. The van der Waals surface area contributed by atoms with Crippen molar-refractivity contribution >= 4 is 29.9 Å². The lowest BCUT2D eigenvalue weighted by molar-refractivity contribution is -0.272. The van der Waals surface area contributed by atoms with Crippen LogP contribution in [0.25, 0.3) is 0 Å². The molecule has 1 aromatic heterocycles. The molecule has 3 N–H and O–H groups in total. The van der Waals surface area contributed by atoms with Crippen LogP contribution < -0.4 is 10.6 Å². The molecule has 174 valence electrons. The Balaban J connectivity index is 0.00000480. The molecule has 2 atom stereocenters. The average molecular weight is 561 g/mol. The summed E-state index contributed by atoms with van der Waals surface area (Å²) in [5.74, 6) is -1.89. The van der Waals surface area contributed by atoms with E-state index in [0.29, 0.717) is 6.54 Å². The quantitative estimate of drug-likeness (QED) is 0.208. The SMILES string of the molecule is CCNC(=NCCC(O)(c1nccn1C)C(F)(F)F)NC(C)c1ccc(F)cc1F.I. The number of aryl methyl sites for hydroxylation is 1. The molecule has 0 aliphatic carbocycles. The summed E-state index contributed by atoms with van der Waals surface area (Å²) in [6, 6.07) is 2.49. The maximum Gasteiger partial charge on any atom is 0.424 e. The Kier molecular flexibility index (Phi) is 9.67. The lowest BCUT2D eigenvalue weighted by atomic mass is 9.98. The Labute approximate surface area is 194 Å². The van der Waals surface area contributed by atoms with Gasteiger partial charge in [-0.25, -0.2) is 13.8 Å². The van der Waals surface area contributed by atoms with E-state index in [4.69, 9.17) is 0 Å². The topological polar surface area (TPSA) is 74.5 Å². The van der Waals surface area contributed by atoms with Crippen molar-refractivity contribution in [2.24, 2.45) is 12.0 Å². The number of guanidine groups is 1. The van der Waals surface area contributed by atoms with Gasteiger partial charge in [-0.05, 0) is 19.9 Å². The Bertz CT molecular complexity index is 889. The molecular weight excluding hydrogens is 536 g/mol. The van der Waals surface area contributed by atoms with Crippen molar-refractivity contribution in [1.29, 1.82) is 0 Å². The van der Waals surface area contributed by atoms with Gasteiger partial charge < -0.3 is 20.3 Å².